The number of ether oxygens (including phenoxy) is 1. The van der Waals surface area contributed by atoms with Gasteiger partial charge in [0.2, 0.25) is 0 Å². The molecule has 1 fully saturated rings. The molecule has 0 bridgehead atoms. The third-order valence-corrected chi connectivity index (χ3v) is 2.45. The van der Waals surface area contributed by atoms with Gasteiger partial charge in [-0.2, -0.15) is 8.78 Å². The molecule has 0 spiro atoms. The van der Waals surface area contributed by atoms with Gasteiger partial charge in [0.05, 0.1) is 5.56 Å². The van der Waals surface area contributed by atoms with Gasteiger partial charge in [-0.3, -0.25) is 0 Å². The molecule has 2 rings (SSSR count). The summed E-state index contributed by atoms with van der Waals surface area (Å²) in [5.74, 6) is -0.933. The van der Waals surface area contributed by atoms with Crippen LogP contribution in [0.4, 0.5) is 8.78 Å². The van der Waals surface area contributed by atoms with Crippen LogP contribution in [0.1, 0.15) is 34.7 Å². The molecular formula is C11H10F2O3. The highest BCUT2D eigenvalue weighted by Gasteiger charge is 2.25. The highest BCUT2D eigenvalue weighted by Crippen LogP contribution is 2.41. The minimum absolute atomic E-state index is 0.0138. The molecule has 1 saturated carbocycles. The number of alkyl halides is 2. The molecule has 0 amide bonds. The topological polar surface area (TPSA) is 46.5 Å². The molecule has 0 aliphatic heterocycles. The Morgan fingerprint density at radius 2 is 2.06 bits per heavy atom. The van der Waals surface area contributed by atoms with E-state index in [2.05, 4.69) is 4.74 Å². The van der Waals surface area contributed by atoms with Gasteiger partial charge in [0.25, 0.3) is 0 Å². The molecule has 5 heteroatoms. The minimum Gasteiger partial charge on any atom is -0.478 e. The fourth-order valence-corrected chi connectivity index (χ4v) is 1.57. The van der Waals surface area contributed by atoms with E-state index in [1.807, 2.05) is 0 Å². The third-order valence-electron chi connectivity index (χ3n) is 2.45. The Hall–Kier alpha value is -1.65. The summed E-state index contributed by atoms with van der Waals surface area (Å²) >= 11 is 0. The number of benzene rings is 1. The molecule has 0 heterocycles. The Morgan fingerprint density at radius 3 is 2.56 bits per heavy atom. The van der Waals surface area contributed by atoms with Crippen molar-refractivity contribution < 1.29 is 23.4 Å². The van der Waals surface area contributed by atoms with Crippen LogP contribution >= 0.6 is 0 Å². The van der Waals surface area contributed by atoms with Crippen LogP contribution in [-0.4, -0.2) is 17.7 Å². The second-order valence-corrected chi connectivity index (χ2v) is 3.75. The van der Waals surface area contributed by atoms with E-state index < -0.39 is 12.6 Å². The number of aromatic carboxylic acids is 1. The van der Waals surface area contributed by atoms with E-state index in [0.717, 1.165) is 24.5 Å². The average molecular weight is 228 g/mol. The number of carboxylic acid groups (broad SMARTS) is 1. The summed E-state index contributed by atoms with van der Waals surface area (Å²) in [6.45, 7) is -2.93. The lowest BCUT2D eigenvalue weighted by Gasteiger charge is -2.08. The lowest BCUT2D eigenvalue weighted by atomic mass is 10.1. The zero-order valence-corrected chi connectivity index (χ0v) is 8.32. The van der Waals surface area contributed by atoms with Gasteiger partial charge in [-0.1, -0.05) is 0 Å². The zero-order valence-electron chi connectivity index (χ0n) is 8.32. The normalized spacial score (nSPS) is 15.2. The molecular weight excluding hydrogens is 218 g/mol. The quantitative estimate of drug-likeness (QED) is 0.861. The third kappa shape index (κ3) is 2.48. The molecule has 0 atom stereocenters. The molecule has 3 nitrogen and oxygen atoms in total. The molecule has 1 aromatic rings. The van der Waals surface area contributed by atoms with Crippen molar-refractivity contribution in [3.05, 3.63) is 29.3 Å². The molecule has 1 aromatic carbocycles. The Labute approximate surface area is 90.7 Å². The maximum Gasteiger partial charge on any atom is 0.387 e. The van der Waals surface area contributed by atoms with E-state index >= 15 is 0 Å². The van der Waals surface area contributed by atoms with E-state index in [4.69, 9.17) is 5.11 Å². The van der Waals surface area contributed by atoms with Crippen molar-refractivity contribution in [2.75, 3.05) is 0 Å². The summed E-state index contributed by atoms with van der Waals surface area (Å²) in [6, 6.07) is 4.11. The van der Waals surface area contributed by atoms with E-state index in [0.29, 0.717) is 5.92 Å². The molecule has 16 heavy (non-hydrogen) atoms. The summed E-state index contributed by atoms with van der Waals surface area (Å²) in [7, 11) is 0. The SMILES string of the molecule is O=C(O)c1cc(OC(F)F)cc(C2CC2)c1. The predicted molar refractivity (Wildman–Crippen MR) is 52.0 cm³/mol. The molecule has 1 aliphatic rings. The maximum absolute atomic E-state index is 12.0. The molecule has 0 aromatic heterocycles. The van der Waals surface area contributed by atoms with Crippen LogP contribution in [0.2, 0.25) is 0 Å². The van der Waals surface area contributed by atoms with Gasteiger partial charge >= 0.3 is 12.6 Å². The van der Waals surface area contributed by atoms with Gasteiger partial charge < -0.3 is 9.84 Å². The summed E-state index contributed by atoms with van der Waals surface area (Å²) in [6.07, 6.45) is 1.94. The van der Waals surface area contributed by atoms with Crippen molar-refractivity contribution in [3.63, 3.8) is 0 Å². The monoisotopic (exact) mass is 228 g/mol. The Morgan fingerprint density at radius 1 is 1.38 bits per heavy atom. The molecule has 0 unspecified atom stereocenters. The predicted octanol–water partition coefficient (Wildman–Crippen LogP) is 2.86. The van der Waals surface area contributed by atoms with Gasteiger partial charge in [0, 0.05) is 0 Å². The highest BCUT2D eigenvalue weighted by atomic mass is 19.3. The lowest BCUT2D eigenvalue weighted by Crippen LogP contribution is -2.04. The zero-order chi connectivity index (χ0) is 11.7. The summed E-state index contributed by atoms with van der Waals surface area (Å²) in [5, 5.41) is 8.83. The summed E-state index contributed by atoms with van der Waals surface area (Å²) < 4.78 is 28.3. The lowest BCUT2D eigenvalue weighted by molar-refractivity contribution is -0.0499. The van der Waals surface area contributed by atoms with Gasteiger partial charge in [0.15, 0.2) is 0 Å². The van der Waals surface area contributed by atoms with Crippen molar-refractivity contribution in [2.24, 2.45) is 0 Å². The number of halogens is 2. The van der Waals surface area contributed by atoms with Crippen molar-refractivity contribution in [1.29, 1.82) is 0 Å². The van der Waals surface area contributed by atoms with Crippen LogP contribution in [0, 0.1) is 0 Å². The summed E-state index contributed by atoms with van der Waals surface area (Å²) in [5.41, 5.74) is 0.746. The number of hydrogen-bond donors (Lipinski definition) is 1. The van der Waals surface area contributed by atoms with Crippen LogP contribution in [0.15, 0.2) is 18.2 Å². The van der Waals surface area contributed by atoms with Gasteiger partial charge in [-0.05, 0) is 42.5 Å². The fourth-order valence-electron chi connectivity index (χ4n) is 1.57. The second kappa shape index (κ2) is 4.08. The maximum atomic E-state index is 12.0. The molecule has 1 N–H and O–H groups in total. The molecule has 1 aliphatic carbocycles. The minimum atomic E-state index is -2.93. The number of carboxylic acids is 1. The molecule has 0 radical (unpaired) electrons. The second-order valence-electron chi connectivity index (χ2n) is 3.75. The van der Waals surface area contributed by atoms with Gasteiger partial charge in [-0.15, -0.1) is 0 Å². The Kier molecular flexibility index (Phi) is 2.77. The number of rotatable bonds is 4. The Balaban J connectivity index is 2.32. The first-order chi connectivity index (χ1) is 7.56. The number of hydrogen-bond acceptors (Lipinski definition) is 2. The Bertz CT molecular complexity index is 414. The van der Waals surface area contributed by atoms with Crippen molar-refractivity contribution in [2.45, 2.75) is 25.4 Å². The van der Waals surface area contributed by atoms with Crippen LogP contribution in [0.5, 0.6) is 5.75 Å². The van der Waals surface area contributed by atoms with Crippen molar-refractivity contribution in [3.8, 4) is 5.75 Å². The van der Waals surface area contributed by atoms with E-state index in [-0.39, 0.29) is 11.3 Å². The van der Waals surface area contributed by atoms with Crippen LogP contribution < -0.4 is 4.74 Å². The standard InChI is InChI=1S/C11H10F2O3/c12-11(13)16-9-4-7(6-1-2-6)3-8(5-9)10(14)15/h3-6,11H,1-2H2,(H,14,15). The van der Waals surface area contributed by atoms with Crippen molar-refractivity contribution >= 4 is 5.97 Å². The van der Waals surface area contributed by atoms with Gasteiger partial charge in [-0.25, -0.2) is 4.79 Å². The van der Waals surface area contributed by atoms with Crippen LogP contribution in [-0.2, 0) is 0 Å². The fraction of sp³-hybridized carbons (Fsp3) is 0.364. The van der Waals surface area contributed by atoms with Gasteiger partial charge in [0.1, 0.15) is 5.75 Å². The largest absolute Gasteiger partial charge is 0.478 e. The molecule has 0 saturated heterocycles. The smallest absolute Gasteiger partial charge is 0.387 e. The summed E-state index contributed by atoms with van der Waals surface area (Å²) in [4.78, 5) is 10.8. The average Bonchev–Trinajstić information content (AvgIpc) is 2.98. The highest BCUT2D eigenvalue weighted by molar-refractivity contribution is 5.88. The van der Waals surface area contributed by atoms with Crippen LogP contribution in [0.3, 0.4) is 0 Å². The first-order valence-electron chi connectivity index (χ1n) is 4.89. The van der Waals surface area contributed by atoms with Crippen LogP contribution in [0.25, 0.3) is 0 Å². The first-order valence-corrected chi connectivity index (χ1v) is 4.89. The van der Waals surface area contributed by atoms with Crippen molar-refractivity contribution in [1.82, 2.24) is 0 Å². The first kappa shape index (κ1) is 10.9. The van der Waals surface area contributed by atoms with E-state index in [1.165, 1.54) is 12.1 Å². The van der Waals surface area contributed by atoms with E-state index in [1.54, 1.807) is 0 Å². The molecule has 86 valence electrons. The van der Waals surface area contributed by atoms with E-state index in [9.17, 15) is 13.6 Å². The number of carbonyl (C=O) groups is 1.